The third-order valence-corrected chi connectivity index (χ3v) is 7.59. The fourth-order valence-corrected chi connectivity index (χ4v) is 5.42. The van der Waals surface area contributed by atoms with Crippen LogP contribution in [0.1, 0.15) is 18.4 Å². The lowest BCUT2D eigenvalue weighted by Gasteiger charge is -2.40. The van der Waals surface area contributed by atoms with Gasteiger partial charge in [-0.15, -0.1) is 0 Å². The second-order valence-electron chi connectivity index (χ2n) is 9.89. The number of rotatable bonds is 8. The van der Waals surface area contributed by atoms with Gasteiger partial charge >= 0.3 is 0 Å². The van der Waals surface area contributed by atoms with Crippen molar-refractivity contribution in [1.29, 1.82) is 0 Å². The highest BCUT2D eigenvalue weighted by Crippen LogP contribution is 2.27. The average molecular weight is 514 g/mol. The number of piperidine rings is 1. The molecule has 9 nitrogen and oxygen atoms in total. The molecule has 0 aliphatic carbocycles. The SMILES string of the molecule is COc1ccc(CCNc2nc(N3CCC(N4CCOCC4)CC3)nc3c2ncn3-c2ccccc2)cc1. The molecular weight excluding hydrogens is 478 g/mol. The number of anilines is 2. The van der Waals surface area contributed by atoms with E-state index in [0.717, 1.165) is 99.6 Å². The van der Waals surface area contributed by atoms with Crippen LogP contribution < -0.4 is 15.0 Å². The first-order valence-corrected chi connectivity index (χ1v) is 13.5. The Labute approximate surface area is 223 Å². The molecule has 0 atom stereocenters. The van der Waals surface area contributed by atoms with E-state index < -0.39 is 0 Å². The van der Waals surface area contributed by atoms with Crippen molar-refractivity contribution in [3.8, 4) is 11.4 Å². The largest absolute Gasteiger partial charge is 0.497 e. The number of hydrogen-bond donors (Lipinski definition) is 1. The molecule has 0 amide bonds. The maximum Gasteiger partial charge on any atom is 0.229 e. The summed E-state index contributed by atoms with van der Waals surface area (Å²) in [5, 5.41) is 3.56. The third-order valence-electron chi connectivity index (χ3n) is 7.59. The zero-order valence-electron chi connectivity index (χ0n) is 21.9. The molecule has 4 aromatic rings. The zero-order chi connectivity index (χ0) is 25.7. The summed E-state index contributed by atoms with van der Waals surface area (Å²) in [4.78, 5) is 19.7. The molecule has 2 aromatic carbocycles. The zero-order valence-corrected chi connectivity index (χ0v) is 21.9. The summed E-state index contributed by atoms with van der Waals surface area (Å²) < 4.78 is 12.9. The molecule has 6 rings (SSSR count). The van der Waals surface area contributed by atoms with E-state index in [-0.39, 0.29) is 0 Å². The van der Waals surface area contributed by atoms with Gasteiger partial charge in [0, 0.05) is 44.5 Å². The molecule has 0 radical (unpaired) electrons. The molecule has 198 valence electrons. The van der Waals surface area contributed by atoms with Gasteiger partial charge in [-0.3, -0.25) is 9.47 Å². The van der Waals surface area contributed by atoms with Gasteiger partial charge in [-0.2, -0.15) is 9.97 Å². The molecular formula is C29H35N7O2. The molecule has 4 heterocycles. The van der Waals surface area contributed by atoms with Gasteiger partial charge < -0.3 is 19.7 Å². The lowest BCUT2D eigenvalue weighted by molar-refractivity contribution is 0.0114. The second kappa shape index (κ2) is 11.4. The van der Waals surface area contributed by atoms with E-state index in [2.05, 4.69) is 43.9 Å². The molecule has 2 aliphatic rings. The standard InChI is InChI=1S/C29H35N7O2/c1-37-25-9-7-22(8-10-25)11-14-30-27-26-28(36(21-31-26)24-5-3-2-4-6-24)33-29(32-27)35-15-12-23(13-16-35)34-17-19-38-20-18-34/h2-10,21,23H,11-20H2,1H3,(H,30,32,33). The summed E-state index contributed by atoms with van der Waals surface area (Å²) in [6.45, 7) is 6.38. The highest BCUT2D eigenvalue weighted by atomic mass is 16.5. The summed E-state index contributed by atoms with van der Waals surface area (Å²) >= 11 is 0. The lowest BCUT2D eigenvalue weighted by Crippen LogP contribution is -2.49. The number of nitrogens with zero attached hydrogens (tertiary/aromatic N) is 6. The molecule has 2 aromatic heterocycles. The highest BCUT2D eigenvalue weighted by molar-refractivity contribution is 5.85. The van der Waals surface area contributed by atoms with Crippen molar-refractivity contribution in [2.45, 2.75) is 25.3 Å². The van der Waals surface area contributed by atoms with Crippen LogP contribution in [0, 0.1) is 0 Å². The fourth-order valence-electron chi connectivity index (χ4n) is 5.42. The molecule has 38 heavy (non-hydrogen) atoms. The first kappa shape index (κ1) is 24.6. The fraction of sp³-hybridized carbons (Fsp3) is 0.414. The maximum absolute atomic E-state index is 5.55. The number of nitrogens with one attached hydrogen (secondary N) is 1. The average Bonchev–Trinajstić information content (AvgIpc) is 3.43. The maximum atomic E-state index is 5.55. The normalized spacial score (nSPS) is 17.1. The Morgan fingerprint density at radius 2 is 1.71 bits per heavy atom. The van der Waals surface area contributed by atoms with Crippen LogP contribution in [0.5, 0.6) is 5.75 Å². The van der Waals surface area contributed by atoms with Crippen molar-refractivity contribution in [1.82, 2.24) is 24.4 Å². The predicted molar refractivity (Wildman–Crippen MR) is 149 cm³/mol. The van der Waals surface area contributed by atoms with Crippen molar-refractivity contribution in [2.75, 3.05) is 63.3 Å². The van der Waals surface area contributed by atoms with Crippen LogP contribution in [0.4, 0.5) is 11.8 Å². The molecule has 0 saturated carbocycles. The van der Waals surface area contributed by atoms with Crippen LogP contribution in [0.25, 0.3) is 16.9 Å². The predicted octanol–water partition coefficient (Wildman–Crippen LogP) is 3.78. The lowest BCUT2D eigenvalue weighted by atomic mass is 10.0. The molecule has 2 fully saturated rings. The summed E-state index contributed by atoms with van der Waals surface area (Å²) in [7, 11) is 1.69. The van der Waals surface area contributed by atoms with Crippen molar-refractivity contribution in [3.63, 3.8) is 0 Å². The van der Waals surface area contributed by atoms with E-state index in [1.54, 1.807) is 7.11 Å². The summed E-state index contributed by atoms with van der Waals surface area (Å²) in [5.74, 6) is 2.42. The third kappa shape index (κ3) is 5.30. The minimum absolute atomic E-state index is 0.607. The van der Waals surface area contributed by atoms with Gasteiger partial charge in [0.2, 0.25) is 5.95 Å². The van der Waals surface area contributed by atoms with Crippen LogP contribution in [0.2, 0.25) is 0 Å². The van der Waals surface area contributed by atoms with E-state index in [4.69, 9.17) is 24.4 Å². The minimum atomic E-state index is 0.607. The van der Waals surface area contributed by atoms with E-state index in [9.17, 15) is 0 Å². The summed E-state index contributed by atoms with van der Waals surface area (Å²) in [6.07, 6.45) is 4.94. The topological polar surface area (TPSA) is 80.6 Å². The molecule has 2 aliphatic heterocycles. The van der Waals surface area contributed by atoms with Crippen molar-refractivity contribution < 1.29 is 9.47 Å². The van der Waals surface area contributed by atoms with Crippen molar-refractivity contribution >= 4 is 22.9 Å². The van der Waals surface area contributed by atoms with Crippen LogP contribution in [0.3, 0.4) is 0 Å². The number of imidazole rings is 1. The number of para-hydroxylation sites is 1. The van der Waals surface area contributed by atoms with E-state index in [1.807, 2.05) is 36.7 Å². The molecule has 0 bridgehead atoms. The first-order valence-electron chi connectivity index (χ1n) is 13.5. The second-order valence-corrected chi connectivity index (χ2v) is 9.89. The van der Waals surface area contributed by atoms with Crippen LogP contribution in [-0.4, -0.2) is 83.5 Å². The number of morpholine rings is 1. The van der Waals surface area contributed by atoms with Crippen LogP contribution in [0.15, 0.2) is 60.9 Å². The Morgan fingerprint density at radius 3 is 2.45 bits per heavy atom. The molecule has 0 spiro atoms. The Hall–Kier alpha value is -3.69. The smallest absolute Gasteiger partial charge is 0.229 e. The van der Waals surface area contributed by atoms with Crippen LogP contribution >= 0.6 is 0 Å². The molecule has 9 heteroatoms. The Bertz CT molecular complexity index is 1330. The first-order chi connectivity index (χ1) is 18.8. The van der Waals surface area contributed by atoms with Crippen molar-refractivity contribution in [3.05, 3.63) is 66.5 Å². The minimum Gasteiger partial charge on any atom is -0.497 e. The number of benzene rings is 2. The molecule has 0 unspecified atom stereocenters. The van der Waals surface area contributed by atoms with Crippen LogP contribution in [-0.2, 0) is 11.2 Å². The van der Waals surface area contributed by atoms with Gasteiger partial charge in [0.15, 0.2) is 17.0 Å². The Kier molecular flexibility index (Phi) is 7.37. The van der Waals surface area contributed by atoms with E-state index in [1.165, 1.54) is 5.56 Å². The van der Waals surface area contributed by atoms with Gasteiger partial charge in [-0.1, -0.05) is 30.3 Å². The summed E-state index contributed by atoms with van der Waals surface area (Å²) in [6, 6.07) is 19.1. The number of aromatic nitrogens is 4. The quantitative estimate of drug-likeness (QED) is 0.381. The Balaban J connectivity index is 1.24. The molecule has 1 N–H and O–H groups in total. The van der Waals surface area contributed by atoms with Crippen molar-refractivity contribution in [2.24, 2.45) is 0 Å². The van der Waals surface area contributed by atoms with E-state index >= 15 is 0 Å². The summed E-state index contributed by atoms with van der Waals surface area (Å²) in [5.41, 5.74) is 3.89. The van der Waals surface area contributed by atoms with E-state index in [0.29, 0.717) is 6.04 Å². The number of fused-ring (bicyclic) bond motifs is 1. The van der Waals surface area contributed by atoms with Gasteiger partial charge in [0.1, 0.15) is 12.1 Å². The van der Waals surface area contributed by atoms with Gasteiger partial charge in [0.25, 0.3) is 0 Å². The number of methoxy groups -OCH3 is 1. The van der Waals surface area contributed by atoms with Gasteiger partial charge in [0.05, 0.1) is 20.3 Å². The monoisotopic (exact) mass is 513 g/mol. The van der Waals surface area contributed by atoms with Gasteiger partial charge in [-0.05, 0) is 49.1 Å². The number of hydrogen-bond acceptors (Lipinski definition) is 8. The number of ether oxygens (including phenoxy) is 2. The Morgan fingerprint density at radius 1 is 0.947 bits per heavy atom. The highest BCUT2D eigenvalue weighted by Gasteiger charge is 2.28. The molecule has 2 saturated heterocycles. The van der Waals surface area contributed by atoms with Gasteiger partial charge in [-0.25, -0.2) is 4.98 Å².